The Kier molecular flexibility index (Phi) is 4.46. The number of nitrogens with one attached hydrogen (secondary N) is 2. The van der Waals surface area contributed by atoms with Gasteiger partial charge in [0.05, 0.1) is 10.5 Å². The number of nitrogens with zero attached hydrogens (tertiary/aromatic N) is 2. The van der Waals surface area contributed by atoms with E-state index in [1.165, 1.54) is 12.1 Å². The van der Waals surface area contributed by atoms with E-state index in [4.69, 9.17) is 23.8 Å². The first-order chi connectivity index (χ1) is 11.4. The Morgan fingerprint density at radius 3 is 2.71 bits per heavy atom. The molecule has 3 N–H and O–H groups in total. The molecular formula is C16H12ClFN4OS. The van der Waals surface area contributed by atoms with Gasteiger partial charge in [-0.25, -0.2) is 4.39 Å². The van der Waals surface area contributed by atoms with Crippen molar-refractivity contribution in [2.24, 2.45) is 10.2 Å². The number of aromatic amines is 1. The van der Waals surface area contributed by atoms with Crippen LogP contribution in [0.5, 0.6) is 5.88 Å². The summed E-state index contributed by atoms with van der Waals surface area (Å²) in [6.07, 6.45) is 0. The monoisotopic (exact) mass is 362 g/mol. The number of hydrogen-bond acceptors (Lipinski definition) is 3. The lowest BCUT2D eigenvalue weighted by Gasteiger charge is -2.03. The topological polar surface area (TPSA) is 72.8 Å². The smallest absolute Gasteiger partial charge is 0.218 e. The molecule has 0 amide bonds. The molecule has 0 aliphatic rings. The minimum Gasteiger partial charge on any atom is -0.493 e. The van der Waals surface area contributed by atoms with Gasteiger partial charge in [0.25, 0.3) is 0 Å². The zero-order valence-corrected chi connectivity index (χ0v) is 14.0. The van der Waals surface area contributed by atoms with Gasteiger partial charge in [0.2, 0.25) is 11.0 Å². The van der Waals surface area contributed by atoms with E-state index in [-0.39, 0.29) is 21.7 Å². The second kappa shape index (κ2) is 6.54. The van der Waals surface area contributed by atoms with Gasteiger partial charge in [0.1, 0.15) is 5.82 Å². The second-order valence-electron chi connectivity index (χ2n) is 5.13. The van der Waals surface area contributed by atoms with E-state index < -0.39 is 5.82 Å². The van der Waals surface area contributed by atoms with Crippen molar-refractivity contribution in [1.82, 2.24) is 4.98 Å². The number of aryl methyl sites for hydroxylation is 1. The van der Waals surface area contributed by atoms with E-state index in [0.717, 1.165) is 11.3 Å². The predicted octanol–water partition coefficient (Wildman–Crippen LogP) is 5.46. The van der Waals surface area contributed by atoms with Crippen LogP contribution in [-0.2, 0) is 0 Å². The Morgan fingerprint density at radius 2 is 2.00 bits per heavy atom. The molecule has 0 fully saturated rings. The number of thiocarbonyl (C=S) groups is 1. The number of azo groups is 1. The maximum Gasteiger partial charge on any atom is 0.218 e. The maximum atomic E-state index is 13.6. The summed E-state index contributed by atoms with van der Waals surface area (Å²) >= 11 is 10.8. The molecule has 5 nitrogen and oxygen atoms in total. The quantitative estimate of drug-likeness (QED) is 0.419. The van der Waals surface area contributed by atoms with Crippen LogP contribution in [0.2, 0.25) is 5.02 Å². The van der Waals surface area contributed by atoms with Gasteiger partial charge in [-0.05, 0) is 43.4 Å². The van der Waals surface area contributed by atoms with Crippen molar-refractivity contribution in [3.05, 3.63) is 52.8 Å². The molecule has 1 aromatic heterocycles. The number of benzene rings is 2. The van der Waals surface area contributed by atoms with Gasteiger partial charge in [-0.2, -0.15) is 0 Å². The van der Waals surface area contributed by atoms with Crippen LogP contribution in [0.25, 0.3) is 10.9 Å². The van der Waals surface area contributed by atoms with Crippen molar-refractivity contribution in [1.29, 1.82) is 0 Å². The summed E-state index contributed by atoms with van der Waals surface area (Å²) in [4.78, 5) is 2.66. The lowest BCUT2D eigenvalue weighted by Crippen LogP contribution is -2.04. The molecule has 0 aliphatic heterocycles. The summed E-state index contributed by atoms with van der Waals surface area (Å²) in [5.74, 6) is -0.853. The van der Waals surface area contributed by atoms with E-state index in [9.17, 15) is 9.50 Å². The zero-order valence-electron chi connectivity index (χ0n) is 12.5. The molecule has 0 spiro atoms. The van der Waals surface area contributed by atoms with Crippen LogP contribution in [0.3, 0.4) is 0 Å². The van der Waals surface area contributed by atoms with Crippen LogP contribution in [0.1, 0.15) is 5.56 Å². The van der Waals surface area contributed by atoms with Crippen molar-refractivity contribution in [3.63, 3.8) is 0 Å². The standard InChI is InChI=1S/C16H12ClFN4OS/c1-8-2-4-9(5-3-8)19-16(24)22-21-14-10-6-12(18)11(17)7-13(10)20-15(14)23/h2-7,20,23H,1H3,(H,19,24). The molecule has 122 valence electrons. The molecule has 2 aromatic carbocycles. The number of rotatable bonds is 2. The van der Waals surface area contributed by atoms with Gasteiger partial charge in [0, 0.05) is 11.1 Å². The Bertz CT molecular complexity index is 953. The summed E-state index contributed by atoms with van der Waals surface area (Å²) in [5, 5.41) is 21.0. The maximum absolute atomic E-state index is 13.6. The van der Waals surface area contributed by atoms with Gasteiger partial charge in [-0.1, -0.05) is 29.3 Å². The summed E-state index contributed by atoms with van der Waals surface area (Å²) in [7, 11) is 0. The van der Waals surface area contributed by atoms with E-state index in [1.807, 2.05) is 31.2 Å². The highest BCUT2D eigenvalue weighted by Gasteiger charge is 2.13. The Balaban J connectivity index is 1.84. The highest BCUT2D eigenvalue weighted by molar-refractivity contribution is 7.80. The summed E-state index contributed by atoms with van der Waals surface area (Å²) in [5.41, 5.74) is 2.43. The van der Waals surface area contributed by atoms with Crippen LogP contribution in [0, 0.1) is 12.7 Å². The first-order valence-corrected chi connectivity index (χ1v) is 7.72. The van der Waals surface area contributed by atoms with Gasteiger partial charge in [-0.3, -0.25) is 0 Å². The van der Waals surface area contributed by atoms with E-state index >= 15 is 0 Å². The zero-order chi connectivity index (χ0) is 17.3. The Morgan fingerprint density at radius 1 is 1.29 bits per heavy atom. The molecule has 0 unspecified atom stereocenters. The molecule has 0 saturated carbocycles. The normalized spacial score (nSPS) is 11.3. The number of anilines is 1. The van der Waals surface area contributed by atoms with Crippen LogP contribution in [0.4, 0.5) is 15.8 Å². The first-order valence-electron chi connectivity index (χ1n) is 6.93. The van der Waals surface area contributed by atoms with E-state index in [2.05, 4.69) is 20.5 Å². The molecule has 0 atom stereocenters. The fourth-order valence-electron chi connectivity index (χ4n) is 2.14. The molecule has 0 bridgehead atoms. The number of halogens is 2. The van der Waals surface area contributed by atoms with Crippen molar-refractivity contribution < 1.29 is 9.50 Å². The largest absolute Gasteiger partial charge is 0.493 e. The molecule has 0 radical (unpaired) electrons. The van der Waals surface area contributed by atoms with Crippen LogP contribution in [-0.4, -0.2) is 15.2 Å². The van der Waals surface area contributed by atoms with E-state index in [1.54, 1.807) is 0 Å². The SMILES string of the molecule is Cc1ccc(NC(=S)N=Nc2c(O)[nH]c3cc(Cl)c(F)cc23)cc1. The molecule has 0 saturated heterocycles. The number of hydrogen-bond donors (Lipinski definition) is 3. The van der Waals surface area contributed by atoms with Gasteiger partial charge < -0.3 is 15.4 Å². The van der Waals surface area contributed by atoms with Crippen LogP contribution >= 0.6 is 23.8 Å². The first kappa shape index (κ1) is 16.4. The van der Waals surface area contributed by atoms with Crippen LogP contribution in [0.15, 0.2) is 46.6 Å². The average molecular weight is 363 g/mol. The van der Waals surface area contributed by atoms with Gasteiger partial charge >= 0.3 is 0 Å². The van der Waals surface area contributed by atoms with Crippen molar-refractivity contribution in [3.8, 4) is 5.88 Å². The third kappa shape index (κ3) is 3.37. The third-order valence-electron chi connectivity index (χ3n) is 3.34. The molecule has 8 heteroatoms. The minimum atomic E-state index is -0.611. The Labute approximate surface area is 147 Å². The fraction of sp³-hybridized carbons (Fsp3) is 0.0625. The molecule has 24 heavy (non-hydrogen) atoms. The second-order valence-corrected chi connectivity index (χ2v) is 5.92. The Hall–Kier alpha value is -2.51. The predicted molar refractivity (Wildman–Crippen MR) is 96.8 cm³/mol. The average Bonchev–Trinajstić information content (AvgIpc) is 2.83. The lowest BCUT2D eigenvalue weighted by atomic mass is 10.2. The molecule has 0 aliphatic carbocycles. The minimum absolute atomic E-state index is 0.0520. The molecule has 1 heterocycles. The van der Waals surface area contributed by atoms with E-state index in [0.29, 0.717) is 10.9 Å². The summed E-state index contributed by atoms with van der Waals surface area (Å²) in [6, 6.07) is 10.1. The van der Waals surface area contributed by atoms with Crippen molar-refractivity contribution >= 4 is 51.2 Å². The van der Waals surface area contributed by atoms with Crippen LogP contribution < -0.4 is 5.32 Å². The van der Waals surface area contributed by atoms with Gasteiger partial charge in [0.15, 0.2) is 5.69 Å². The fourth-order valence-corrected chi connectivity index (χ4v) is 2.46. The third-order valence-corrected chi connectivity index (χ3v) is 3.81. The van der Waals surface area contributed by atoms with Gasteiger partial charge in [-0.15, -0.1) is 10.2 Å². The number of H-pyrrole nitrogens is 1. The number of fused-ring (bicyclic) bond motifs is 1. The highest BCUT2D eigenvalue weighted by Crippen LogP contribution is 2.37. The number of aromatic hydroxyl groups is 1. The van der Waals surface area contributed by atoms with Crippen molar-refractivity contribution in [2.45, 2.75) is 6.92 Å². The summed E-state index contributed by atoms with van der Waals surface area (Å²) < 4.78 is 13.6. The highest BCUT2D eigenvalue weighted by atomic mass is 35.5. The molecular weight excluding hydrogens is 351 g/mol. The molecule has 3 aromatic rings. The van der Waals surface area contributed by atoms with Crippen molar-refractivity contribution in [2.75, 3.05) is 5.32 Å². The number of aromatic nitrogens is 1. The summed E-state index contributed by atoms with van der Waals surface area (Å²) in [6.45, 7) is 1.98. The molecule has 3 rings (SSSR count). The lowest BCUT2D eigenvalue weighted by molar-refractivity contribution is 0.459.